The van der Waals surface area contributed by atoms with Gasteiger partial charge in [0.1, 0.15) is 5.75 Å². The molecule has 1 saturated carbocycles. The number of nitrogens with one attached hydrogen (secondary N) is 1. The lowest BCUT2D eigenvalue weighted by atomic mass is 10.2. The maximum atomic E-state index is 5.62. The molecule has 0 radical (unpaired) electrons. The summed E-state index contributed by atoms with van der Waals surface area (Å²) in [6, 6.07) is 6.06. The van der Waals surface area contributed by atoms with Crippen molar-refractivity contribution in [2.24, 2.45) is 5.92 Å². The molecule has 1 aromatic rings. The van der Waals surface area contributed by atoms with Crippen LogP contribution in [0.5, 0.6) is 5.75 Å². The maximum Gasteiger partial charge on any atom is 0.189 e. The smallest absolute Gasteiger partial charge is 0.189 e. The van der Waals surface area contributed by atoms with Crippen LogP contribution in [0.3, 0.4) is 0 Å². The highest BCUT2D eigenvalue weighted by atomic mass is 79.9. The fourth-order valence-corrected chi connectivity index (χ4v) is 2.17. The summed E-state index contributed by atoms with van der Waals surface area (Å²) in [5.74, 6) is 1.65. The molecule has 1 N–H and O–H groups in total. The van der Waals surface area contributed by atoms with Gasteiger partial charge in [0.25, 0.3) is 0 Å². The van der Waals surface area contributed by atoms with E-state index in [4.69, 9.17) is 9.47 Å². The van der Waals surface area contributed by atoms with Gasteiger partial charge < -0.3 is 14.8 Å². The van der Waals surface area contributed by atoms with E-state index in [1.54, 1.807) is 0 Å². The lowest BCUT2D eigenvalue weighted by Crippen LogP contribution is -2.14. The van der Waals surface area contributed by atoms with Gasteiger partial charge in [-0.25, -0.2) is 0 Å². The largest absolute Gasteiger partial charge is 0.468 e. The topological polar surface area (TPSA) is 30.5 Å². The molecule has 3 nitrogen and oxygen atoms in total. The van der Waals surface area contributed by atoms with Crippen molar-refractivity contribution < 1.29 is 9.47 Å². The number of hydrogen-bond acceptors (Lipinski definition) is 3. The van der Waals surface area contributed by atoms with E-state index in [9.17, 15) is 0 Å². The quantitative estimate of drug-likeness (QED) is 0.554. The minimum Gasteiger partial charge on any atom is -0.468 e. The molecule has 0 unspecified atom stereocenters. The van der Waals surface area contributed by atoms with Gasteiger partial charge in [0, 0.05) is 11.0 Å². The van der Waals surface area contributed by atoms with Crippen LogP contribution >= 0.6 is 15.9 Å². The Balaban J connectivity index is 1.76. The third-order valence-corrected chi connectivity index (χ3v) is 3.89. The molecular formula is C15H22BrNO2. The van der Waals surface area contributed by atoms with Crippen LogP contribution in [0.2, 0.25) is 0 Å². The molecular weight excluding hydrogens is 306 g/mol. The lowest BCUT2D eigenvalue weighted by Gasteiger charge is -2.10. The summed E-state index contributed by atoms with van der Waals surface area (Å²) in [6.45, 7) is 5.23. The number of rotatable bonds is 9. The van der Waals surface area contributed by atoms with Crippen LogP contribution < -0.4 is 10.1 Å². The van der Waals surface area contributed by atoms with E-state index in [-0.39, 0.29) is 0 Å². The van der Waals surface area contributed by atoms with Gasteiger partial charge in [-0.05, 0) is 55.5 Å². The maximum absolute atomic E-state index is 5.62. The Kier molecular flexibility index (Phi) is 6.14. The predicted octanol–water partition coefficient (Wildman–Crippen LogP) is 3.71. The summed E-state index contributed by atoms with van der Waals surface area (Å²) in [4.78, 5) is 0. The molecule has 0 aromatic heterocycles. The van der Waals surface area contributed by atoms with Crippen molar-refractivity contribution in [2.75, 3.05) is 19.9 Å². The van der Waals surface area contributed by atoms with Crippen molar-refractivity contribution in [1.29, 1.82) is 0 Å². The fraction of sp³-hybridized carbons (Fsp3) is 0.600. The molecule has 1 fully saturated rings. The van der Waals surface area contributed by atoms with E-state index in [0.717, 1.165) is 42.3 Å². The molecule has 0 spiro atoms. The Morgan fingerprint density at radius 2 is 2.21 bits per heavy atom. The van der Waals surface area contributed by atoms with Gasteiger partial charge in [0.15, 0.2) is 6.79 Å². The third kappa shape index (κ3) is 5.51. The molecule has 0 aliphatic heterocycles. The van der Waals surface area contributed by atoms with Gasteiger partial charge in [-0.1, -0.05) is 22.9 Å². The SMILES string of the molecule is CCCNCc1cc(OCOCC2CC2)ccc1Br. The van der Waals surface area contributed by atoms with E-state index in [1.807, 2.05) is 12.1 Å². The van der Waals surface area contributed by atoms with E-state index in [2.05, 4.69) is 34.2 Å². The summed E-state index contributed by atoms with van der Waals surface area (Å²) in [5.41, 5.74) is 1.22. The van der Waals surface area contributed by atoms with Gasteiger partial charge in [-0.3, -0.25) is 0 Å². The number of halogens is 1. The molecule has 4 heteroatoms. The average Bonchev–Trinajstić information content (AvgIpc) is 3.22. The molecule has 106 valence electrons. The molecule has 2 rings (SSSR count). The Morgan fingerprint density at radius 3 is 2.95 bits per heavy atom. The van der Waals surface area contributed by atoms with Gasteiger partial charge in [0.2, 0.25) is 0 Å². The lowest BCUT2D eigenvalue weighted by molar-refractivity contribution is 0.00993. The summed E-state index contributed by atoms with van der Waals surface area (Å²) in [5, 5.41) is 3.39. The zero-order chi connectivity index (χ0) is 13.5. The predicted molar refractivity (Wildman–Crippen MR) is 80.3 cm³/mol. The molecule has 0 bridgehead atoms. The molecule has 0 amide bonds. The van der Waals surface area contributed by atoms with Gasteiger partial charge >= 0.3 is 0 Å². The van der Waals surface area contributed by atoms with Gasteiger partial charge in [-0.15, -0.1) is 0 Å². The minimum atomic E-state index is 0.347. The van der Waals surface area contributed by atoms with E-state index < -0.39 is 0 Å². The Morgan fingerprint density at radius 1 is 1.37 bits per heavy atom. The molecule has 0 heterocycles. The third-order valence-electron chi connectivity index (χ3n) is 3.12. The van der Waals surface area contributed by atoms with Crippen LogP contribution in [0.4, 0.5) is 0 Å². The van der Waals surface area contributed by atoms with Gasteiger partial charge in [-0.2, -0.15) is 0 Å². The Hall–Kier alpha value is -0.580. The first-order valence-corrected chi connectivity index (χ1v) is 7.78. The highest BCUT2D eigenvalue weighted by Crippen LogP contribution is 2.29. The van der Waals surface area contributed by atoms with Crippen LogP contribution in [-0.4, -0.2) is 19.9 Å². The molecule has 0 atom stereocenters. The minimum absolute atomic E-state index is 0.347. The van der Waals surface area contributed by atoms with Crippen LogP contribution in [-0.2, 0) is 11.3 Å². The van der Waals surface area contributed by atoms with E-state index >= 15 is 0 Å². The summed E-state index contributed by atoms with van der Waals surface area (Å²) < 4.78 is 12.2. The highest BCUT2D eigenvalue weighted by Gasteiger charge is 2.21. The van der Waals surface area contributed by atoms with Crippen molar-refractivity contribution >= 4 is 15.9 Å². The Labute approximate surface area is 123 Å². The van der Waals surface area contributed by atoms with Crippen molar-refractivity contribution in [2.45, 2.75) is 32.7 Å². The Bertz CT molecular complexity index is 394. The zero-order valence-corrected chi connectivity index (χ0v) is 13.0. The van der Waals surface area contributed by atoms with Crippen molar-refractivity contribution in [3.8, 4) is 5.75 Å². The number of hydrogen-bond donors (Lipinski definition) is 1. The highest BCUT2D eigenvalue weighted by molar-refractivity contribution is 9.10. The van der Waals surface area contributed by atoms with Gasteiger partial charge in [0.05, 0.1) is 6.61 Å². The molecule has 1 aliphatic carbocycles. The first-order chi connectivity index (χ1) is 9.29. The molecule has 1 aliphatic rings. The zero-order valence-electron chi connectivity index (χ0n) is 11.5. The van der Waals surface area contributed by atoms with Crippen molar-refractivity contribution in [3.63, 3.8) is 0 Å². The van der Waals surface area contributed by atoms with Crippen molar-refractivity contribution in [3.05, 3.63) is 28.2 Å². The van der Waals surface area contributed by atoms with E-state index in [0.29, 0.717) is 6.79 Å². The first-order valence-electron chi connectivity index (χ1n) is 6.99. The second-order valence-corrected chi connectivity index (χ2v) is 5.86. The standard InChI is InChI=1S/C15H22BrNO2/c1-2-7-17-9-13-8-14(5-6-15(13)16)19-11-18-10-12-3-4-12/h5-6,8,12,17H,2-4,7,9-11H2,1H3. The summed E-state index contributed by atoms with van der Waals surface area (Å²) in [6.07, 6.45) is 3.76. The van der Waals surface area contributed by atoms with Crippen molar-refractivity contribution in [1.82, 2.24) is 5.32 Å². The second-order valence-electron chi connectivity index (χ2n) is 5.01. The number of ether oxygens (including phenoxy) is 2. The molecule has 0 saturated heterocycles. The number of benzene rings is 1. The van der Waals surface area contributed by atoms with Crippen LogP contribution in [0.1, 0.15) is 31.7 Å². The summed E-state index contributed by atoms with van der Waals surface area (Å²) >= 11 is 3.56. The second kappa shape index (κ2) is 7.88. The first kappa shape index (κ1) is 14.8. The van der Waals surface area contributed by atoms with Crippen LogP contribution in [0.15, 0.2) is 22.7 Å². The molecule has 1 aromatic carbocycles. The normalized spacial score (nSPS) is 14.6. The monoisotopic (exact) mass is 327 g/mol. The summed E-state index contributed by atoms with van der Waals surface area (Å²) in [7, 11) is 0. The van der Waals surface area contributed by atoms with Crippen LogP contribution in [0, 0.1) is 5.92 Å². The average molecular weight is 328 g/mol. The van der Waals surface area contributed by atoms with Crippen LogP contribution in [0.25, 0.3) is 0 Å². The fourth-order valence-electron chi connectivity index (χ4n) is 1.79. The van der Waals surface area contributed by atoms with E-state index in [1.165, 1.54) is 18.4 Å². The molecule has 19 heavy (non-hydrogen) atoms.